The highest BCUT2D eigenvalue weighted by molar-refractivity contribution is 5.98. The summed E-state index contributed by atoms with van der Waals surface area (Å²) in [6, 6.07) is 5.44. The van der Waals surface area contributed by atoms with Crippen LogP contribution < -0.4 is 5.32 Å². The van der Waals surface area contributed by atoms with Crippen LogP contribution in [0.15, 0.2) is 18.2 Å². The summed E-state index contributed by atoms with van der Waals surface area (Å²) in [6.45, 7) is 0.518. The molecule has 4 nitrogen and oxygen atoms in total. The van der Waals surface area contributed by atoms with Crippen LogP contribution in [0.3, 0.4) is 0 Å². The van der Waals surface area contributed by atoms with Gasteiger partial charge in [-0.1, -0.05) is 12.1 Å². The number of hydrogen-bond acceptors (Lipinski definition) is 2. The summed E-state index contributed by atoms with van der Waals surface area (Å²) >= 11 is 0. The Labute approximate surface area is 86.9 Å². The van der Waals surface area contributed by atoms with E-state index in [1.54, 1.807) is 12.1 Å². The van der Waals surface area contributed by atoms with Crippen LogP contribution in [0.25, 0.3) is 0 Å². The van der Waals surface area contributed by atoms with E-state index in [1.165, 1.54) is 0 Å². The molecule has 15 heavy (non-hydrogen) atoms. The molecule has 0 saturated carbocycles. The number of aryl methyl sites for hydroxylation is 1. The van der Waals surface area contributed by atoms with Crippen LogP contribution in [0.2, 0.25) is 0 Å². The van der Waals surface area contributed by atoms with Crippen molar-refractivity contribution in [3.8, 4) is 0 Å². The molecule has 0 aromatic heterocycles. The van der Waals surface area contributed by atoms with Crippen LogP contribution in [-0.2, 0) is 17.8 Å². The Morgan fingerprint density at radius 1 is 1.47 bits per heavy atom. The maximum Gasteiger partial charge on any atom is 0.303 e. The van der Waals surface area contributed by atoms with Crippen molar-refractivity contribution in [3.05, 3.63) is 34.9 Å². The Bertz CT molecular complexity index is 426. The molecule has 2 N–H and O–H groups in total. The number of carboxylic acids is 1. The molecular weight excluding hydrogens is 194 g/mol. The normalized spacial score (nSPS) is 13.5. The molecule has 1 aliphatic rings. The number of amides is 1. The fraction of sp³-hybridized carbons (Fsp3) is 0.273. The second-order valence-electron chi connectivity index (χ2n) is 3.52. The molecule has 0 radical (unpaired) electrons. The standard InChI is InChI=1S/C11H11NO3/c13-10(14)5-4-7-2-1-3-8-9(7)6-12-11(8)15/h1-3H,4-6H2,(H,12,15)(H,13,14). The van der Waals surface area contributed by atoms with Crippen LogP contribution in [0.5, 0.6) is 0 Å². The summed E-state index contributed by atoms with van der Waals surface area (Å²) in [5.74, 6) is -0.882. The average molecular weight is 205 g/mol. The van der Waals surface area contributed by atoms with Crippen LogP contribution in [-0.4, -0.2) is 17.0 Å². The van der Waals surface area contributed by atoms with E-state index < -0.39 is 5.97 Å². The lowest BCUT2D eigenvalue weighted by Crippen LogP contribution is -2.12. The molecule has 1 amide bonds. The second kappa shape index (κ2) is 3.73. The molecule has 0 aliphatic carbocycles. The van der Waals surface area contributed by atoms with Gasteiger partial charge in [0.1, 0.15) is 0 Å². The fourth-order valence-corrected chi connectivity index (χ4v) is 1.80. The molecule has 0 atom stereocenters. The molecule has 0 fully saturated rings. The number of hydrogen-bond donors (Lipinski definition) is 2. The first-order valence-electron chi connectivity index (χ1n) is 4.79. The van der Waals surface area contributed by atoms with Crippen molar-refractivity contribution in [2.45, 2.75) is 19.4 Å². The smallest absolute Gasteiger partial charge is 0.303 e. The molecule has 0 saturated heterocycles. The first-order chi connectivity index (χ1) is 7.18. The lowest BCUT2D eigenvalue weighted by atomic mass is 10.00. The summed E-state index contributed by atoms with van der Waals surface area (Å²) in [5, 5.41) is 11.3. The summed E-state index contributed by atoms with van der Waals surface area (Å²) in [4.78, 5) is 21.8. The molecule has 78 valence electrons. The van der Waals surface area contributed by atoms with E-state index in [1.807, 2.05) is 6.07 Å². The number of carbonyl (C=O) groups excluding carboxylic acids is 1. The lowest BCUT2D eigenvalue weighted by molar-refractivity contribution is -0.136. The summed E-state index contributed by atoms with van der Waals surface area (Å²) in [6.07, 6.45) is 0.581. The van der Waals surface area contributed by atoms with Crippen molar-refractivity contribution in [2.75, 3.05) is 0 Å². The first kappa shape index (κ1) is 9.71. The van der Waals surface area contributed by atoms with E-state index in [4.69, 9.17) is 5.11 Å². The summed E-state index contributed by atoms with van der Waals surface area (Å²) in [7, 11) is 0. The topological polar surface area (TPSA) is 66.4 Å². The van der Waals surface area contributed by atoms with Gasteiger partial charge in [0, 0.05) is 18.5 Å². The van der Waals surface area contributed by atoms with Crippen LogP contribution >= 0.6 is 0 Å². The van der Waals surface area contributed by atoms with Crippen molar-refractivity contribution >= 4 is 11.9 Å². The summed E-state index contributed by atoms with van der Waals surface area (Å²) < 4.78 is 0. The molecule has 0 bridgehead atoms. The Morgan fingerprint density at radius 3 is 3.00 bits per heavy atom. The van der Waals surface area contributed by atoms with Gasteiger partial charge in [-0.2, -0.15) is 0 Å². The van der Waals surface area contributed by atoms with E-state index >= 15 is 0 Å². The number of rotatable bonds is 3. The molecule has 0 unspecified atom stereocenters. The zero-order valence-corrected chi connectivity index (χ0v) is 8.12. The van der Waals surface area contributed by atoms with Crippen LogP contribution in [0.4, 0.5) is 0 Å². The van der Waals surface area contributed by atoms with E-state index in [2.05, 4.69) is 5.32 Å². The Hall–Kier alpha value is -1.84. The zero-order valence-electron chi connectivity index (χ0n) is 8.12. The SMILES string of the molecule is O=C(O)CCc1cccc2c1CNC2=O. The number of nitrogens with one attached hydrogen (secondary N) is 1. The van der Waals surface area contributed by atoms with Crippen molar-refractivity contribution in [3.63, 3.8) is 0 Å². The molecule has 1 aliphatic heterocycles. The molecule has 2 rings (SSSR count). The van der Waals surface area contributed by atoms with Gasteiger partial charge < -0.3 is 10.4 Å². The van der Waals surface area contributed by atoms with Crippen LogP contribution in [0, 0.1) is 0 Å². The van der Waals surface area contributed by atoms with Gasteiger partial charge in [-0.3, -0.25) is 9.59 Å². The van der Waals surface area contributed by atoms with Gasteiger partial charge in [0.25, 0.3) is 5.91 Å². The van der Waals surface area contributed by atoms with Crippen molar-refractivity contribution < 1.29 is 14.7 Å². The quantitative estimate of drug-likeness (QED) is 0.772. The minimum absolute atomic E-state index is 0.0674. The highest BCUT2D eigenvalue weighted by Crippen LogP contribution is 2.20. The van der Waals surface area contributed by atoms with E-state index in [-0.39, 0.29) is 12.3 Å². The minimum Gasteiger partial charge on any atom is -0.481 e. The maximum absolute atomic E-state index is 11.3. The van der Waals surface area contributed by atoms with Crippen molar-refractivity contribution in [1.82, 2.24) is 5.32 Å². The number of carboxylic acid groups (broad SMARTS) is 1. The van der Waals surface area contributed by atoms with E-state index in [0.717, 1.165) is 11.1 Å². The zero-order chi connectivity index (χ0) is 10.8. The Kier molecular flexibility index (Phi) is 2.41. The largest absolute Gasteiger partial charge is 0.481 e. The molecular formula is C11H11NO3. The third-order valence-electron chi connectivity index (χ3n) is 2.55. The van der Waals surface area contributed by atoms with Crippen LogP contribution in [0.1, 0.15) is 27.9 Å². The fourth-order valence-electron chi connectivity index (χ4n) is 1.80. The van der Waals surface area contributed by atoms with E-state index in [9.17, 15) is 9.59 Å². The minimum atomic E-state index is -0.815. The predicted octanol–water partition coefficient (Wildman–Crippen LogP) is 0.947. The second-order valence-corrected chi connectivity index (χ2v) is 3.52. The monoisotopic (exact) mass is 205 g/mol. The van der Waals surface area contributed by atoms with Gasteiger partial charge >= 0.3 is 5.97 Å². The van der Waals surface area contributed by atoms with Gasteiger partial charge in [-0.25, -0.2) is 0 Å². The highest BCUT2D eigenvalue weighted by Gasteiger charge is 2.20. The third kappa shape index (κ3) is 1.83. The number of fused-ring (bicyclic) bond motifs is 1. The van der Waals surface area contributed by atoms with Gasteiger partial charge in [0.05, 0.1) is 0 Å². The lowest BCUT2D eigenvalue weighted by Gasteiger charge is -2.04. The van der Waals surface area contributed by atoms with E-state index in [0.29, 0.717) is 18.5 Å². The van der Waals surface area contributed by atoms with Gasteiger partial charge in [-0.05, 0) is 23.6 Å². The number of carbonyl (C=O) groups is 2. The number of aliphatic carboxylic acids is 1. The molecule has 1 aromatic carbocycles. The molecule has 4 heteroatoms. The molecule has 1 heterocycles. The van der Waals surface area contributed by atoms with Crippen molar-refractivity contribution in [1.29, 1.82) is 0 Å². The Morgan fingerprint density at radius 2 is 2.27 bits per heavy atom. The highest BCUT2D eigenvalue weighted by atomic mass is 16.4. The number of benzene rings is 1. The average Bonchev–Trinajstić information content (AvgIpc) is 2.58. The molecule has 0 spiro atoms. The first-order valence-corrected chi connectivity index (χ1v) is 4.79. The van der Waals surface area contributed by atoms with Gasteiger partial charge in [0.15, 0.2) is 0 Å². The maximum atomic E-state index is 11.3. The third-order valence-corrected chi connectivity index (χ3v) is 2.55. The molecule has 1 aromatic rings. The van der Waals surface area contributed by atoms with Gasteiger partial charge in [0.2, 0.25) is 0 Å². The van der Waals surface area contributed by atoms with Gasteiger partial charge in [-0.15, -0.1) is 0 Å². The van der Waals surface area contributed by atoms with Crippen molar-refractivity contribution in [2.24, 2.45) is 0 Å². The Balaban J connectivity index is 2.26. The summed E-state index contributed by atoms with van der Waals surface area (Å²) in [5.41, 5.74) is 2.58. The predicted molar refractivity (Wildman–Crippen MR) is 53.6 cm³/mol.